The van der Waals surface area contributed by atoms with Crippen LogP contribution in [0, 0.1) is 0 Å². The molecule has 1 N–H and O–H groups in total. The van der Waals surface area contributed by atoms with Crippen molar-refractivity contribution in [1.29, 1.82) is 0 Å². The maximum Gasteiger partial charge on any atom is 0.421 e. The van der Waals surface area contributed by atoms with Crippen molar-refractivity contribution in [2.24, 2.45) is 0 Å². The summed E-state index contributed by atoms with van der Waals surface area (Å²) in [5.74, 6) is 0.403. The number of nitrogens with one attached hydrogen (secondary N) is 1. The van der Waals surface area contributed by atoms with Crippen LogP contribution in [0.3, 0.4) is 0 Å². The number of fused-ring (bicyclic) bond motifs is 1. The number of hydrogen-bond acceptors (Lipinski definition) is 4. The van der Waals surface area contributed by atoms with Gasteiger partial charge in [0.2, 0.25) is 0 Å². The van der Waals surface area contributed by atoms with Gasteiger partial charge in [-0.15, -0.1) is 0 Å². The Morgan fingerprint density at radius 3 is 2.71 bits per heavy atom. The lowest BCUT2D eigenvalue weighted by Crippen LogP contribution is -2.19. The number of aromatic nitrogens is 1. The third-order valence-corrected chi connectivity index (χ3v) is 3.65. The number of methoxy groups -OCH3 is 1. The maximum absolute atomic E-state index is 11.9. The van der Waals surface area contributed by atoms with E-state index in [9.17, 15) is 4.79 Å². The molecule has 0 saturated heterocycles. The highest BCUT2D eigenvalue weighted by atomic mass is 79.9. The molecule has 0 fully saturated rings. The zero-order chi connectivity index (χ0) is 14.8. The van der Waals surface area contributed by atoms with E-state index in [1.54, 1.807) is 17.7 Å². The first kappa shape index (κ1) is 13.8. The van der Waals surface area contributed by atoms with Crippen LogP contribution in [0.5, 0.6) is 5.75 Å². The first-order chi connectivity index (χ1) is 10.2. The van der Waals surface area contributed by atoms with Gasteiger partial charge in [0.1, 0.15) is 5.75 Å². The van der Waals surface area contributed by atoms with E-state index < -0.39 is 0 Å². The Balaban J connectivity index is 1.84. The smallest absolute Gasteiger partial charge is 0.421 e. The average Bonchev–Trinajstić information content (AvgIpc) is 2.80. The average molecular weight is 349 g/mol. The van der Waals surface area contributed by atoms with E-state index in [1.165, 1.54) is 0 Å². The molecule has 0 saturated carbocycles. The van der Waals surface area contributed by atoms with Gasteiger partial charge in [-0.2, -0.15) is 0 Å². The Morgan fingerprint density at radius 1 is 1.24 bits per heavy atom. The summed E-state index contributed by atoms with van der Waals surface area (Å²) in [6, 6.07) is 13.0. The second kappa shape index (κ2) is 5.65. The van der Waals surface area contributed by atoms with Gasteiger partial charge in [-0.25, -0.2) is 4.79 Å². The van der Waals surface area contributed by atoms with Gasteiger partial charge < -0.3 is 14.5 Å². The van der Waals surface area contributed by atoms with Gasteiger partial charge in [-0.3, -0.25) is 4.57 Å². The van der Waals surface area contributed by atoms with Crippen molar-refractivity contribution in [2.45, 2.75) is 6.67 Å². The van der Waals surface area contributed by atoms with E-state index in [1.807, 2.05) is 36.4 Å². The summed E-state index contributed by atoms with van der Waals surface area (Å²) in [6.07, 6.45) is 0. The highest BCUT2D eigenvalue weighted by Gasteiger charge is 2.09. The van der Waals surface area contributed by atoms with Crippen molar-refractivity contribution in [1.82, 2.24) is 4.57 Å². The van der Waals surface area contributed by atoms with Crippen LogP contribution in [0.2, 0.25) is 0 Å². The van der Waals surface area contributed by atoms with Crippen LogP contribution < -0.4 is 15.8 Å². The summed E-state index contributed by atoms with van der Waals surface area (Å²) in [5.41, 5.74) is 2.21. The van der Waals surface area contributed by atoms with E-state index in [0.29, 0.717) is 12.3 Å². The highest BCUT2D eigenvalue weighted by molar-refractivity contribution is 9.10. The first-order valence-electron chi connectivity index (χ1n) is 6.34. The fraction of sp³-hybridized carbons (Fsp3) is 0.133. The number of rotatable bonds is 4. The van der Waals surface area contributed by atoms with Crippen LogP contribution in [0.1, 0.15) is 0 Å². The lowest BCUT2D eigenvalue weighted by Gasteiger charge is -2.07. The third-order valence-electron chi connectivity index (χ3n) is 3.16. The van der Waals surface area contributed by atoms with Gasteiger partial charge in [0.05, 0.1) is 19.3 Å². The van der Waals surface area contributed by atoms with Gasteiger partial charge in [-0.05, 0) is 42.5 Å². The van der Waals surface area contributed by atoms with E-state index in [2.05, 4.69) is 21.2 Å². The van der Waals surface area contributed by atoms with Crippen molar-refractivity contribution < 1.29 is 9.15 Å². The van der Waals surface area contributed by atoms with E-state index in [0.717, 1.165) is 21.4 Å². The Bertz CT molecular complexity index is 821. The molecule has 108 valence electrons. The van der Waals surface area contributed by atoms with Gasteiger partial charge in [0.25, 0.3) is 0 Å². The SMILES string of the molecule is COc1ccc(NCn2c(=O)oc3cc(Br)ccc32)cc1. The minimum Gasteiger partial charge on any atom is -0.497 e. The van der Waals surface area contributed by atoms with Crippen LogP contribution in [0.4, 0.5) is 5.69 Å². The summed E-state index contributed by atoms with van der Waals surface area (Å²) < 4.78 is 12.7. The molecule has 0 aliphatic rings. The Labute approximate surface area is 129 Å². The van der Waals surface area contributed by atoms with E-state index in [-0.39, 0.29) is 5.76 Å². The molecule has 0 radical (unpaired) electrons. The molecule has 0 bridgehead atoms. The summed E-state index contributed by atoms with van der Waals surface area (Å²) in [5, 5.41) is 3.18. The number of hydrogen-bond donors (Lipinski definition) is 1. The zero-order valence-electron chi connectivity index (χ0n) is 11.3. The van der Waals surface area contributed by atoms with Crippen LogP contribution in [-0.4, -0.2) is 11.7 Å². The van der Waals surface area contributed by atoms with Crippen molar-refractivity contribution in [2.75, 3.05) is 12.4 Å². The van der Waals surface area contributed by atoms with Crippen molar-refractivity contribution in [3.63, 3.8) is 0 Å². The predicted octanol–water partition coefficient (Wildman–Crippen LogP) is 3.44. The van der Waals surface area contributed by atoms with Crippen molar-refractivity contribution >= 4 is 32.7 Å². The second-order valence-electron chi connectivity index (χ2n) is 4.47. The van der Waals surface area contributed by atoms with Crippen molar-refractivity contribution in [3.8, 4) is 5.75 Å². The molecule has 0 spiro atoms. The molecule has 2 aromatic carbocycles. The molecule has 0 unspecified atom stereocenters. The predicted molar refractivity (Wildman–Crippen MR) is 84.8 cm³/mol. The van der Waals surface area contributed by atoms with E-state index >= 15 is 0 Å². The standard InChI is InChI=1S/C15H13BrN2O3/c1-20-12-5-3-11(4-6-12)17-9-18-13-7-2-10(16)8-14(13)21-15(18)19/h2-8,17H,9H2,1H3. The molecular formula is C15H13BrN2O3. The van der Waals surface area contributed by atoms with Crippen molar-refractivity contribution in [3.05, 3.63) is 57.5 Å². The van der Waals surface area contributed by atoms with Crippen LogP contribution in [0.15, 0.2) is 56.1 Å². The topological polar surface area (TPSA) is 56.4 Å². The zero-order valence-corrected chi connectivity index (χ0v) is 12.9. The molecular weight excluding hydrogens is 336 g/mol. The van der Waals surface area contributed by atoms with Gasteiger partial charge in [0.15, 0.2) is 5.58 Å². The molecule has 0 amide bonds. The second-order valence-corrected chi connectivity index (χ2v) is 5.39. The quantitative estimate of drug-likeness (QED) is 0.784. The fourth-order valence-electron chi connectivity index (χ4n) is 2.07. The van der Waals surface area contributed by atoms with Crippen LogP contribution in [0.25, 0.3) is 11.1 Å². The minimum absolute atomic E-state index is 0.333. The molecule has 5 nitrogen and oxygen atoms in total. The fourth-order valence-corrected chi connectivity index (χ4v) is 2.41. The van der Waals surface area contributed by atoms with Crippen LogP contribution >= 0.6 is 15.9 Å². The molecule has 21 heavy (non-hydrogen) atoms. The molecule has 3 aromatic rings. The van der Waals surface area contributed by atoms with Gasteiger partial charge >= 0.3 is 5.76 Å². The summed E-state index contributed by atoms with van der Waals surface area (Å²) in [7, 11) is 1.62. The lowest BCUT2D eigenvalue weighted by atomic mass is 10.3. The summed E-state index contributed by atoms with van der Waals surface area (Å²) in [4.78, 5) is 11.9. The number of anilines is 1. The first-order valence-corrected chi connectivity index (χ1v) is 7.13. The number of nitrogens with zero attached hydrogens (tertiary/aromatic N) is 1. The summed E-state index contributed by atoms with van der Waals surface area (Å²) >= 11 is 3.36. The number of benzene rings is 2. The number of ether oxygens (including phenoxy) is 1. The molecule has 1 heterocycles. The van der Waals surface area contributed by atoms with E-state index in [4.69, 9.17) is 9.15 Å². The lowest BCUT2D eigenvalue weighted by molar-refractivity contribution is 0.415. The molecule has 3 rings (SSSR count). The van der Waals surface area contributed by atoms with Crippen LogP contribution in [-0.2, 0) is 6.67 Å². The monoisotopic (exact) mass is 348 g/mol. The molecule has 0 aliphatic carbocycles. The number of halogens is 1. The normalized spacial score (nSPS) is 10.8. The molecule has 0 aliphatic heterocycles. The van der Waals surface area contributed by atoms with Gasteiger partial charge in [-0.1, -0.05) is 15.9 Å². The maximum atomic E-state index is 11.9. The largest absolute Gasteiger partial charge is 0.497 e. The Kier molecular flexibility index (Phi) is 3.70. The summed E-state index contributed by atoms with van der Waals surface area (Å²) in [6.45, 7) is 0.333. The highest BCUT2D eigenvalue weighted by Crippen LogP contribution is 2.19. The van der Waals surface area contributed by atoms with Gasteiger partial charge in [0, 0.05) is 10.2 Å². The molecule has 0 atom stereocenters. The number of oxazole rings is 1. The minimum atomic E-state index is -0.385. The Hall–Kier alpha value is -2.21. The molecule has 1 aromatic heterocycles. The Morgan fingerprint density at radius 2 is 2.00 bits per heavy atom. The third kappa shape index (κ3) is 2.80. The molecule has 6 heteroatoms.